The summed E-state index contributed by atoms with van der Waals surface area (Å²) in [5, 5.41) is 22.3. The van der Waals surface area contributed by atoms with Crippen LogP contribution in [0.3, 0.4) is 0 Å². The number of rotatable bonds is 9. The van der Waals surface area contributed by atoms with Gasteiger partial charge in [-0.25, -0.2) is 9.97 Å². The van der Waals surface area contributed by atoms with E-state index in [4.69, 9.17) is 15.1 Å². The van der Waals surface area contributed by atoms with Crippen molar-refractivity contribution in [3.8, 4) is 0 Å². The lowest BCUT2D eigenvalue weighted by atomic mass is 9.90. The van der Waals surface area contributed by atoms with Crippen LogP contribution in [0.2, 0.25) is 0 Å². The molecule has 0 radical (unpaired) electrons. The molecule has 1 aromatic rings. The van der Waals surface area contributed by atoms with Gasteiger partial charge < -0.3 is 10.2 Å². The predicted octanol–water partition coefficient (Wildman–Crippen LogP) is 2.43. The average Bonchev–Trinajstić information content (AvgIpc) is 3.25. The maximum absolute atomic E-state index is 11.3. The molecule has 2 aliphatic heterocycles. The Balaban J connectivity index is 1.30. The van der Waals surface area contributed by atoms with Gasteiger partial charge in [-0.15, -0.1) is 0 Å². The maximum atomic E-state index is 11.3. The number of nitrogens with zero attached hydrogens (tertiary/aromatic N) is 5. The number of hydrogen-bond acceptors (Lipinski definition) is 7. The molecule has 2 aliphatic carbocycles. The van der Waals surface area contributed by atoms with Crippen LogP contribution >= 0.6 is 0 Å². The summed E-state index contributed by atoms with van der Waals surface area (Å²) in [4.78, 5) is 21.4. The minimum atomic E-state index is -0.532. The van der Waals surface area contributed by atoms with Gasteiger partial charge in [-0.3, -0.25) is 14.9 Å². The van der Waals surface area contributed by atoms with E-state index in [1.165, 1.54) is 0 Å². The van der Waals surface area contributed by atoms with E-state index in [9.17, 15) is 5.11 Å². The maximum Gasteiger partial charge on any atom is 0.114 e. The SMILES string of the molecule is OCCCCCc1nc2c(nc1C1C=CC=CC1)=CCC(C(O)N1CCC(C3=NC=CCN=C3)CC1)C=2. The average molecular weight is 502 g/mol. The molecule has 37 heavy (non-hydrogen) atoms. The van der Waals surface area contributed by atoms with Crippen LogP contribution in [0.25, 0.3) is 12.2 Å². The smallest absolute Gasteiger partial charge is 0.114 e. The van der Waals surface area contributed by atoms with Crippen LogP contribution in [-0.4, -0.2) is 69.5 Å². The molecule has 3 atom stereocenters. The van der Waals surface area contributed by atoms with Crippen molar-refractivity contribution in [1.82, 2.24) is 14.9 Å². The summed E-state index contributed by atoms with van der Waals surface area (Å²) in [6.07, 6.45) is 25.5. The van der Waals surface area contributed by atoms with Gasteiger partial charge in [0.1, 0.15) is 6.23 Å². The number of aliphatic hydroxyl groups is 2. The van der Waals surface area contributed by atoms with Crippen LogP contribution in [0, 0.1) is 11.8 Å². The predicted molar refractivity (Wildman–Crippen MR) is 149 cm³/mol. The molecule has 196 valence electrons. The van der Waals surface area contributed by atoms with Gasteiger partial charge in [-0.1, -0.05) is 36.8 Å². The molecule has 1 aromatic heterocycles. The number of allylic oxidation sites excluding steroid dienone is 4. The largest absolute Gasteiger partial charge is 0.396 e. The summed E-state index contributed by atoms with van der Waals surface area (Å²) < 4.78 is 0. The van der Waals surface area contributed by atoms with E-state index in [0.29, 0.717) is 12.5 Å². The molecule has 7 heteroatoms. The van der Waals surface area contributed by atoms with Crippen LogP contribution in [0.1, 0.15) is 62.3 Å². The molecule has 1 fully saturated rings. The summed E-state index contributed by atoms with van der Waals surface area (Å²) in [5.41, 5.74) is 3.20. The van der Waals surface area contributed by atoms with Crippen molar-refractivity contribution in [2.24, 2.45) is 21.8 Å². The molecule has 0 saturated carbocycles. The Kier molecular flexibility index (Phi) is 8.87. The fraction of sp³-hybridized carbons (Fsp3) is 0.533. The number of piperidine rings is 1. The number of hydrogen-bond donors (Lipinski definition) is 2. The second kappa shape index (κ2) is 12.7. The third-order valence-corrected chi connectivity index (χ3v) is 7.88. The molecular formula is C30H39N5O2. The van der Waals surface area contributed by atoms with Gasteiger partial charge in [-0.2, -0.15) is 0 Å². The third kappa shape index (κ3) is 6.40. The van der Waals surface area contributed by atoms with E-state index in [2.05, 4.69) is 51.3 Å². The van der Waals surface area contributed by atoms with Crippen LogP contribution in [0.5, 0.6) is 0 Å². The van der Waals surface area contributed by atoms with E-state index < -0.39 is 6.23 Å². The number of fused-ring (bicyclic) bond motifs is 1. The monoisotopic (exact) mass is 501 g/mol. The fourth-order valence-corrected chi connectivity index (χ4v) is 5.72. The highest BCUT2D eigenvalue weighted by molar-refractivity contribution is 6.31. The zero-order valence-electron chi connectivity index (χ0n) is 21.6. The van der Waals surface area contributed by atoms with Crippen LogP contribution in [-0.2, 0) is 6.42 Å². The second-order valence-corrected chi connectivity index (χ2v) is 10.4. The van der Waals surface area contributed by atoms with Gasteiger partial charge in [0.05, 0.1) is 34.3 Å². The molecule has 0 amide bonds. The van der Waals surface area contributed by atoms with Gasteiger partial charge in [0.25, 0.3) is 0 Å². The number of unbranched alkanes of at least 4 members (excludes halogenated alkanes) is 2. The second-order valence-electron chi connectivity index (χ2n) is 10.4. The summed E-state index contributed by atoms with van der Waals surface area (Å²) in [5.74, 6) is 0.662. The third-order valence-electron chi connectivity index (χ3n) is 7.88. The zero-order valence-corrected chi connectivity index (χ0v) is 21.6. The molecule has 3 heterocycles. The first-order valence-corrected chi connectivity index (χ1v) is 13.9. The molecule has 0 bridgehead atoms. The normalized spacial score (nSPS) is 24.6. The minimum absolute atomic E-state index is 0.00339. The Labute approximate surface area is 219 Å². The first kappa shape index (κ1) is 25.9. The summed E-state index contributed by atoms with van der Waals surface area (Å²) in [6.45, 7) is 2.63. The lowest BCUT2D eigenvalue weighted by Crippen LogP contribution is -2.48. The van der Waals surface area contributed by atoms with Crippen LogP contribution in [0.4, 0.5) is 0 Å². The fourth-order valence-electron chi connectivity index (χ4n) is 5.72. The minimum Gasteiger partial charge on any atom is -0.396 e. The van der Waals surface area contributed by atoms with Crippen LogP contribution in [0.15, 0.2) is 46.6 Å². The Bertz CT molecular complexity index is 1210. The van der Waals surface area contributed by atoms with Gasteiger partial charge in [0, 0.05) is 49.9 Å². The summed E-state index contributed by atoms with van der Waals surface area (Å²) in [6, 6.07) is 0. The van der Waals surface area contributed by atoms with Gasteiger partial charge >= 0.3 is 0 Å². The number of aliphatic hydroxyl groups excluding tert-OH is 2. The van der Waals surface area contributed by atoms with E-state index in [1.54, 1.807) is 0 Å². The quantitative estimate of drug-likeness (QED) is 0.507. The van der Waals surface area contributed by atoms with Crippen molar-refractivity contribution in [3.63, 3.8) is 0 Å². The van der Waals surface area contributed by atoms with Crippen molar-refractivity contribution in [3.05, 3.63) is 58.7 Å². The summed E-state index contributed by atoms with van der Waals surface area (Å²) >= 11 is 0. The molecule has 7 nitrogen and oxygen atoms in total. The van der Waals surface area contributed by atoms with Crippen molar-refractivity contribution >= 4 is 24.1 Å². The Morgan fingerprint density at radius 1 is 1.00 bits per heavy atom. The van der Waals surface area contributed by atoms with Gasteiger partial charge in [0.2, 0.25) is 0 Å². The highest BCUT2D eigenvalue weighted by atomic mass is 16.3. The molecule has 4 aliphatic rings. The molecule has 5 rings (SSSR count). The standard InChI is InChI=1S/C30H39N5O2/c36-19-6-2-5-10-26-29(23-8-3-1-4-9-23)34-25-12-11-24(20-27(25)33-26)30(37)35-17-13-22(14-18-35)28-21-31-15-7-16-32-28/h1,3-4,7-8,12,16,20-24,30,36-37H,2,5-6,9-11,13-15,17-19H2. The topological polar surface area (TPSA) is 94.2 Å². The lowest BCUT2D eigenvalue weighted by Gasteiger charge is -2.37. The first-order valence-electron chi connectivity index (χ1n) is 13.9. The molecule has 0 aromatic carbocycles. The molecule has 1 saturated heterocycles. The highest BCUT2D eigenvalue weighted by Gasteiger charge is 2.30. The highest BCUT2D eigenvalue weighted by Crippen LogP contribution is 2.27. The molecule has 0 spiro atoms. The Morgan fingerprint density at radius 2 is 1.89 bits per heavy atom. The van der Waals surface area contributed by atoms with E-state index >= 15 is 0 Å². The molecule has 3 unspecified atom stereocenters. The summed E-state index contributed by atoms with van der Waals surface area (Å²) in [7, 11) is 0. The number of aromatic nitrogens is 2. The van der Waals surface area contributed by atoms with Crippen molar-refractivity contribution in [2.45, 2.75) is 63.5 Å². The Morgan fingerprint density at radius 3 is 2.70 bits per heavy atom. The van der Waals surface area contributed by atoms with Crippen LogP contribution < -0.4 is 10.7 Å². The molecular weight excluding hydrogens is 462 g/mol. The van der Waals surface area contributed by atoms with E-state index in [0.717, 1.165) is 92.3 Å². The van der Waals surface area contributed by atoms with Crippen molar-refractivity contribution in [1.29, 1.82) is 0 Å². The van der Waals surface area contributed by atoms with Crippen molar-refractivity contribution < 1.29 is 10.2 Å². The van der Waals surface area contributed by atoms with E-state index in [1.807, 2.05) is 18.5 Å². The van der Waals surface area contributed by atoms with Crippen molar-refractivity contribution in [2.75, 3.05) is 26.2 Å². The Hall–Kier alpha value is -2.74. The first-order chi connectivity index (χ1) is 18.2. The lowest BCUT2D eigenvalue weighted by molar-refractivity contribution is -0.0343. The van der Waals surface area contributed by atoms with E-state index in [-0.39, 0.29) is 18.4 Å². The zero-order chi connectivity index (χ0) is 25.5. The van der Waals surface area contributed by atoms with Gasteiger partial charge in [0.15, 0.2) is 0 Å². The molecule has 2 N–H and O–H groups in total. The number of likely N-dealkylation sites (tertiary alicyclic amines) is 1. The van der Waals surface area contributed by atoms with Gasteiger partial charge in [-0.05, 0) is 57.1 Å². The number of aliphatic imine (C=N–C) groups is 2. The number of aryl methyl sites for hydroxylation is 1.